The van der Waals surface area contributed by atoms with E-state index in [2.05, 4.69) is 19.9 Å². The highest BCUT2D eigenvalue weighted by atomic mass is 32.2. The van der Waals surface area contributed by atoms with Gasteiger partial charge in [0.25, 0.3) is 0 Å². The van der Waals surface area contributed by atoms with Crippen molar-refractivity contribution in [2.75, 3.05) is 18.8 Å². The van der Waals surface area contributed by atoms with Gasteiger partial charge in [0.05, 0.1) is 23.5 Å². The van der Waals surface area contributed by atoms with Crippen LogP contribution in [-0.4, -0.2) is 51.5 Å². The number of fused-ring (bicyclic) bond motifs is 3. The zero-order valence-electron chi connectivity index (χ0n) is 13.4. The highest BCUT2D eigenvalue weighted by molar-refractivity contribution is 7.89. The molecule has 0 aromatic carbocycles. The Hall–Kier alpha value is -2.83. The van der Waals surface area contributed by atoms with Gasteiger partial charge in [0, 0.05) is 30.1 Å². The van der Waals surface area contributed by atoms with Crippen LogP contribution in [0.5, 0.6) is 0 Å². The second kappa shape index (κ2) is 5.61. The SMILES string of the molecule is Cc1nc(C2=CCN(S(=O)(=O)CC#N)C2)c2c(cnc3[nH]ccc32)n1. The van der Waals surface area contributed by atoms with Crippen LogP contribution in [0, 0.1) is 18.3 Å². The lowest BCUT2D eigenvalue weighted by Crippen LogP contribution is -2.30. The Morgan fingerprint density at radius 3 is 3.04 bits per heavy atom. The zero-order chi connectivity index (χ0) is 17.6. The van der Waals surface area contributed by atoms with Gasteiger partial charge in [0.2, 0.25) is 10.0 Å². The molecule has 1 aliphatic rings. The third kappa shape index (κ3) is 2.56. The van der Waals surface area contributed by atoms with Crippen LogP contribution in [0.25, 0.3) is 27.5 Å². The van der Waals surface area contributed by atoms with E-state index in [1.807, 2.05) is 12.1 Å². The van der Waals surface area contributed by atoms with Crippen molar-refractivity contribution in [3.05, 3.63) is 36.1 Å². The number of pyridine rings is 1. The van der Waals surface area contributed by atoms with Crippen LogP contribution >= 0.6 is 0 Å². The molecule has 3 aromatic rings. The number of nitriles is 1. The smallest absolute Gasteiger partial charge is 0.228 e. The molecule has 4 rings (SSSR count). The van der Waals surface area contributed by atoms with Crippen molar-refractivity contribution in [2.24, 2.45) is 0 Å². The highest BCUT2D eigenvalue weighted by Gasteiger charge is 2.28. The molecule has 4 heterocycles. The van der Waals surface area contributed by atoms with E-state index >= 15 is 0 Å². The van der Waals surface area contributed by atoms with E-state index < -0.39 is 15.8 Å². The Morgan fingerprint density at radius 1 is 1.40 bits per heavy atom. The largest absolute Gasteiger partial charge is 0.346 e. The summed E-state index contributed by atoms with van der Waals surface area (Å²) >= 11 is 0. The molecule has 0 unspecified atom stereocenters. The van der Waals surface area contributed by atoms with Gasteiger partial charge in [0.1, 0.15) is 11.5 Å². The van der Waals surface area contributed by atoms with Crippen molar-refractivity contribution in [1.29, 1.82) is 5.26 Å². The Morgan fingerprint density at radius 2 is 2.24 bits per heavy atom. The summed E-state index contributed by atoms with van der Waals surface area (Å²) in [5.74, 6) is 0.0716. The summed E-state index contributed by atoms with van der Waals surface area (Å²) in [7, 11) is -3.59. The third-order valence-corrected chi connectivity index (χ3v) is 5.75. The normalized spacial score (nSPS) is 15.6. The molecular weight excluding hydrogens is 340 g/mol. The maximum atomic E-state index is 12.1. The minimum absolute atomic E-state index is 0.198. The van der Waals surface area contributed by atoms with Gasteiger partial charge in [-0.25, -0.2) is 23.4 Å². The quantitative estimate of drug-likeness (QED) is 0.759. The average molecular weight is 354 g/mol. The lowest BCUT2D eigenvalue weighted by molar-refractivity contribution is 0.493. The molecule has 0 aliphatic carbocycles. The van der Waals surface area contributed by atoms with Gasteiger partial charge in [-0.15, -0.1) is 0 Å². The first kappa shape index (κ1) is 15.7. The average Bonchev–Trinajstić information content (AvgIpc) is 3.23. The molecule has 9 heteroatoms. The van der Waals surface area contributed by atoms with Crippen LogP contribution in [0.3, 0.4) is 0 Å². The molecule has 0 radical (unpaired) electrons. The van der Waals surface area contributed by atoms with Crippen LogP contribution in [0.15, 0.2) is 24.5 Å². The van der Waals surface area contributed by atoms with Crippen molar-refractivity contribution in [1.82, 2.24) is 24.2 Å². The van der Waals surface area contributed by atoms with Gasteiger partial charge in [-0.2, -0.15) is 9.57 Å². The zero-order valence-corrected chi connectivity index (χ0v) is 14.2. The molecule has 1 aliphatic heterocycles. The Bertz CT molecular complexity index is 1170. The number of nitrogens with zero attached hydrogens (tertiary/aromatic N) is 5. The first-order valence-electron chi connectivity index (χ1n) is 7.64. The van der Waals surface area contributed by atoms with E-state index in [9.17, 15) is 8.42 Å². The fourth-order valence-corrected chi connectivity index (χ4v) is 4.05. The summed E-state index contributed by atoms with van der Waals surface area (Å²) in [6.07, 6.45) is 5.33. The minimum atomic E-state index is -3.59. The number of aromatic amines is 1. The van der Waals surface area contributed by atoms with E-state index in [1.54, 1.807) is 25.4 Å². The first-order valence-corrected chi connectivity index (χ1v) is 9.25. The van der Waals surface area contributed by atoms with Crippen molar-refractivity contribution in [2.45, 2.75) is 6.92 Å². The van der Waals surface area contributed by atoms with Gasteiger partial charge in [-0.3, -0.25) is 0 Å². The lowest BCUT2D eigenvalue weighted by atomic mass is 10.1. The topological polar surface area (TPSA) is 116 Å². The van der Waals surface area contributed by atoms with Crippen LogP contribution < -0.4 is 0 Å². The number of H-pyrrole nitrogens is 1. The molecule has 0 fully saturated rings. The molecule has 0 saturated heterocycles. The fourth-order valence-electron chi connectivity index (χ4n) is 3.07. The summed E-state index contributed by atoms with van der Waals surface area (Å²) in [6.45, 7) is 2.24. The summed E-state index contributed by atoms with van der Waals surface area (Å²) < 4.78 is 25.6. The highest BCUT2D eigenvalue weighted by Crippen LogP contribution is 2.31. The van der Waals surface area contributed by atoms with Gasteiger partial charge in [0.15, 0.2) is 5.75 Å². The second-order valence-corrected chi connectivity index (χ2v) is 7.78. The van der Waals surface area contributed by atoms with Gasteiger partial charge in [-0.1, -0.05) is 6.08 Å². The maximum Gasteiger partial charge on any atom is 0.228 e. The number of nitrogens with one attached hydrogen (secondary N) is 1. The molecule has 0 saturated carbocycles. The van der Waals surface area contributed by atoms with Gasteiger partial charge >= 0.3 is 0 Å². The molecule has 3 aromatic heterocycles. The molecule has 25 heavy (non-hydrogen) atoms. The molecule has 0 atom stereocenters. The Balaban J connectivity index is 1.85. The third-order valence-electron chi connectivity index (χ3n) is 4.19. The van der Waals surface area contributed by atoms with Gasteiger partial charge < -0.3 is 4.98 Å². The maximum absolute atomic E-state index is 12.1. The standard InChI is InChI=1S/C16H14N6O2S/c1-10-20-13-8-19-16-12(2-5-18-16)14(13)15(21-10)11-3-6-22(9-11)25(23,24)7-4-17/h2-3,5,8H,6-7,9H2,1H3,(H,18,19). The van der Waals surface area contributed by atoms with E-state index in [-0.39, 0.29) is 13.1 Å². The van der Waals surface area contributed by atoms with Crippen molar-refractivity contribution >= 4 is 37.5 Å². The molecule has 126 valence electrons. The summed E-state index contributed by atoms with van der Waals surface area (Å²) in [4.78, 5) is 16.4. The summed E-state index contributed by atoms with van der Waals surface area (Å²) in [5.41, 5.74) is 2.97. The van der Waals surface area contributed by atoms with E-state index in [0.717, 1.165) is 22.0 Å². The number of rotatable bonds is 3. The van der Waals surface area contributed by atoms with Crippen molar-refractivity contribution < 1.29 is 8.42 Å². The van der Waals surface area contributed by atoms with Gasteiger partial charge in [-0.05, 0) is 18.6 Å². The van der Waals surface area contributed by atoms with Crippen molar-refractivity contribution in [3.8, 4) is 6.07 Å². The van der Waals surface area contributed by atoms with Crippen LogP contribution in [0.1, 0.15) is 11.5 Å². The number of aromatic nitrogens is 4. The first-order chi connectivity index (χ1) is 12.0. The van der Waals surface area contributed by atoms with E-state index in [0.29, 0.717) is 17.0 Å². The van der Waals surface area contributed by atoms with Crippen LogP contribution in [0.2, 0.25) is 0 Å². The molecule has 0 amide bonds. The molecule has 0 spiro atoms. The monoisotopic (exact) mass is 354 g/mol. The Labute approximate surface area is 143 Å². The number of aryl methyl sites for hydroxylation is 1. The predicted molar refractivity (Wildman–Crippen MR) is 92.9 cm³/mol. The van der Waals surface area contributed by atoms with E-state index in [1.165, 1.54) is 4.31 Å². The molecule has 1 N–H and O–H groups in total. The minimum Gasteiger partial charge on any atom is -0.346 e. The predicted octanol–water partition coefficient (Wildman–Crippen LogP) is 1.37. The molecular formula is C16H14N6O2S. The van der Waals surface area contributed by atoms with Crippen LogP contribution in [0.4, 0.5) is 0 Å². The van der Waals surface area contributed by atoms with E-state index in [4.69, 9.17) is 5.26 Å². The molecule has 0 bridgehead atoms. The number of hydrogen-bond acceptors (Lipinski definition) is 6. The summed E-state index contributed by atoms with van der Waals surface area (Å²) in [5, 5.41) is 10.5. The van der Waals surface area contributed by atoms with Crippen molar-refractivity contribution in [3.63, 3.8) is 0 Å². The second-order valence-electron chi connectivity index (χ2n) is 5.81. The number of hydrogen-bond donors (Lipinski definition) is 1. The molecule has 8 nitrogen and oxygen atoms in total. The number of sulfonamides is 1. The van der Waals surface area contributed by atoms with Crippen LogP contribution in [-0.2, 0) is 10.0 Å². The Kier molecular flexibility index (Phi) is 3.52. The fraction of sp³-hybridized carbons (Fsp3) is 0.250. The summed E-state index contributed by atoms with van der Waals surface area (Å²) in [6, 6.07) is 3.62. The lowest BCUT2D eigenvalue weighted by Gasteiger charge is -2.15.